The predicted molar refractivity (Wildman–Crippen MR) is 69.1 cm³/mol. The minimum absolute atomic E-state index is 0.0581. The standard InChI is InChI=1S/C15H17NO3/c17-14-9-12(13-7-4-8-19-13)15(18)16(14)10-11-5-2-1-3-6-11/h1-3,5-6,12-13H,4,7-10H2/t12-,13-/m1/s1. The van der Waals surface area contributed by atoms with Crippen LogP contribution in [0.2, 0.25) is 0 Å². The molecule has 2 aliphatic rings. The quantitative estimate of drug-likeness (QED) is 0.777. The van der Waals surface area contributed by atoms with Gasteiger partial charge in [0.2, 0.25) is 11.8 Å². The first-order chi connectivity index (χ1) is 9.25. The van der Waals surface area contributed by atoms with Gasteiger partial charge in [0.1, 0.15) is 0 Å². The molecule has 2 aliphatic heterocycles. The van der Waals surface area contributed by atoms with Gasteiger partial charge in [-0.3, -0.25) is 14.5 Å². The van der Waals surface area contributed by atoms with Crippen molar-refractivity contribution in [3.05, 3.63) is 35.9 Å². The van der Waals surface area contributed by atoms with E-state index in [0.29, 0.717) is 19.6 Å². The molecule has 2 heterocycles. The van der Waals surface area contributed by atoms with Crippen LogP contribution in [0, 0.1) is 5.92 Å². The van der Waals surface area contributed by atoms with Gasteiger partial charge >= 0.3 is 0 Å². The monoisotopic (exact) mass is 259 g/mol. The minimum atomic E-state index is -0.265. The molecule has 4 nitrogen and oxygen atoms in total. The molecule has 19 heavy (non-hydrogen) atoms. The van der Waals surface area contributed by atoms with E-state index in [1.54, 1.807) is 0 Å². The Kier molecular flexibility index (Phi) is 3.34. The lowest BCUT2D eigenvalue weighted by molar-refractivity contribution is -0.141. The van der Waals surface area contributed by atoms with Crippen molar-refractivity contribution in [1.82, 2.24) is 4.90 Å². The van der Waals surface area contributed by atoms with Crippen molar-refractivity contribution >= 4 is 11.8 Å². The van der Waals surface area contributed by atoms with Crippen molar-refractivity contribution in [2.75, 3.05) is 6.61 Å². The second kappa shape index (κ2) is 5.13. The molecule has 0 bridgehead atoms. The summed E-state index contributed by atoms with van der Waals surface area (Å²) in [5, 5.41) is 0. The summed E-state index contributed by atoms with van der Waals surface area (Å²) in [4.78, 5) is 25.7. The summed E-state index contributed by atoms with van der Waals surface area (Å²) in [7, 11) is 0. The largest absolute Gasteiger partial charge is 0.377 e. The Morgan fingerprint density at radius 2 is 2.00 bits per heavy atom. The lowest BCUT2D eigenvalue weighted by Crippen LogP contribution is -2.33. The fourth-order valence-electron chi connectivity index (χ4n) is 2.85. The van der Waals surface area contributed by atoms with Crippen LogP contribution >= 0.6 is 0 Å². The molecule has 2 amide bonds. The number of carbonyl (C=O) groups is 2. The maximum Gasteiger partial charge on any atom is 0.235 e. The van der Waals surface area contributed by atoms with Crippen molar-refractivity contribution < 1.29 is 14.3 Å². The van der Waals surface area contributed by atoms with Gasteiger partial charge in [0.25, 0.3) is 0 Å². The lowest BCUT2D eigenvalue weighted by Gasteiger charge is -2.17. The molecule has 0 saturated carbocycles. The number of likely N-dealkylation sites (tertiary alicyclic amines) is 1. The first kappa shape index (κ1) is 12.4. The Labute approximate surface area is 112 Å². The van der Waals surface area contributed by atoms with E-state index in [4.69, 9.17) is 4.74 Å². The van der Waals surface area contributed by atoms with Gasteiger partial charge in [-0.25, -0.2) is 0 Å². The highest BCUT2D eigenvalue weighted by Gasteiger charge is 2.44. The van der Waals surface area contributed by atoms with E-state index in [0.717, 1.165) is 18.4 Å². The summed E-state index contributed by atoms with van der Waals surface area (Å²) in [6.45, 7) is 1.09. The van der Waals surface area contributed by atoms with E-state index in [2.05, 4.69) is 0 Å². The van der Waals surface area contributed by atoms with E-state index in [1.165, 1.54) is 4.90 Å². The average Bonchev–Trinajstić information content (AvgIpc) is 3.03. The number of benzene rings is 1. The van der Waals surface area contributed by atoms with Crippen LogP contribution in [-0.2, 0) is 20.9 Å². The highest BCUT2D eigenvalue weighted by Crippen LogP contribution is 2.30. The molecule has 0 spiro atoms. The van der Waals surface area contributed by atoms with Gasteiger partial charge in [0.05, 0.1) is 18.6 Å². The molecule has 3 rings (SSSR count). The molecule has 0 aliphatic carbocycles. The number of ether oxygens (including phenoxy) is 1. The Hall–Kier alpha value is -1.68. The molecule has 0 aromatic heterocycles. The van der Waals surface area contributed by atoms with Crippen molar-refractivity contribution in [2.45, 2.75) is 31.9 Å². The van der Waals surface area contributed by atoms with Crippen LogP contribution in [0.5, 0.6) is 0 Å². The van der Waals surface area contributed by atoms with Crippen LogP contribution in [-0.4, -0.2) is 29.4 Å². The summed E-state index contributed by atoms with van der Waals surface area (Å²) in [6.07, 6.45) is 2.12. The van der Waals surface area contributed by atoms with E-state index in [1.807, 2.05) is 30.3 Å². The molecule has 100 valence electrons. The highest BCUT2D eigenvalue weighted by atomic mass is 16.5. The van der Waals surface area contributed by atoms with E-state index < -0.39 is 0 Å². The molecule has 0 N–H and O–H groups in total. The molecule has 4 heteroatoms. The van der Waals surface area contributed by atoms with Crippen LogP contribution in [0.4, 0.5) is 0 Å². The average molecular weight is 259 g/mol. The Balaban J connectivity index is 1.72. The Morgan fingerprint density at radius 3 is 2.68 bits per heavy atom. The minimum Gasteiger partial charge on any atom is -0.377 e. The van der Waals surface area contributed by atoms with Crippen molar-refractivity contribution in [3.8, 4) is 0 Å². The van der Waals surface area contributed by atoms with Crippen LogP contribution in [0.1, 0.15) is 24.8 Å². The predicted octanol–water partition coefficient (Wildman–Crippen LogP) is 1.74. The van der Waals surface area contributed by atoms with Gasteiger partial charge in [-0.1, -0.05) is 30.3 Å². The molecule has 0 radical (unpaired) electrons. The summed E-state index contributed by atoms with van der Waals surface area (Å²) in [5.41, 5.74) is 0.984. The number of rotatable bonds is 3. The Morgan fingerprint density at radius 1 is 1.21 bits per heavy atom. The number of nitrogens with zero attached hydrogens (tertiary/aromatic N) is 1. The van der Waals surface area contributed by atoms with Gasteiger partial charge < -0.3 is 4.74 Å². The zero-order valence-electron chi connectivity index (χ0n) is 10.7. The second-order valence-electron chi connectivity index (χ2n) is 5.17. The number of carbonyl (C=O) groups excluding carboxylic acids is 2. The number of hydrogen-bond donors (Lipinski definition) is 0. The summed E-state index contributed by atoms with van der Waals surface area (Å²) in [6, 6.07) is 9.61. The van der Waals surface area contributed by atoms with Crippen LogP contribution in [0.25, 0.3) is 0 Å². The van der Waals surface area contributed by atoms with Crippen LogP contribution < -0.4 is 0 Å². The van der Waals surface area contributed by atoms with Crippen molar-refractivity contribution in [1.29, 1.82) is 0 Å². The third kappa shape index (κ3) is 2.40. The number of imide groups is 1. The maximum atomic E-state index is 12.3. The van der Waals surface area contributed by atoms with Crippen molar-refractivity contribution in [3.63, 3.8) is 0 Å². The third-order valence-corrected chi connectivity index (χ3v) is 3.88. The van der Waals surface area contributed by atoms with Gasteiger partial charge in [0.15, 0.2) is 0 Å². The molecular formula is C15H17NO3. The highest BCUT2D eigenvalue weighted by molar-refractivity contribution is 6.03. The molecule has 1 aromatic carbocycles. The van der Waals surface area contributed by atoms with Gasteiger partial charge in [-0.05, 0) is 18.4 Å². The van der Waals surface area contributed by atoms with E-state index in [9.17, 15) is 9.59 Å². The van der Waals surface area contributed by atoms with Gasteiger partial charge in [-0.15, -0.1) is 0 Å². The van der Waals surface area contributed by atoms with Crippen molar-refractivity contribution in [2.24, 2.45) is 5.92 Å². The molecule has 2 atom stereocenters. The first-order valence-corrected chi connectivity index (χ1v) is 6.75. The number of hydrogen-bond acceptors (Lipinski definition) is 3. The zero-order valence-corrected chi connectivity index (χ0v) is 10.7. The van der Waals surface area contributed by atoms with Gasteiger partial charge in [-0.2, -0.15) is 0 Å². The van der Waals surface area contributed by atoms with E-state index >= 15 is 0 Å². The second-order valence-corrected chi connectivity index (χ2v) is 5.17. The van der Waals surface area contributed by atoms with E-state index in [-0.39, 0.29) is 23.8 Å². The normalized spacial score (nSPS) is 27.3. The smallest absolute Gasteiger partial charge is 0.235 e. The third-order valence-electron chi connectivity index (χ3n) is 3.88. The molecule has 2 saturated heterocycles. The maximum absolute atomic E-state index is 12.3. The molecule has 0 unspecified atom stereocenters. The molecule has 2 fully saturated rings. The summed E-state index contributed by atoms with van der Waals surface area (Å²) >= 11 is 0. The number of amides is 2. The summed E-state index contributed by atoms with van der Waals surface area (Å²) in [5.74, 6) is -0.409. The summed E-state index contributed by atoms with van der Waals surface area (Å²) < 4.78 is 5.55. The topological polar surface area (TPSA) is 46.6 Å². The molecular weight excluding hydrogens is 242 g/mol. The fourth-order valence-corrected chi connectivity index (χ4v) is 2.85. The fraction of sp³-hybridized carbons (Fsp3) is 0.467. The lowest BCUT2D eigenvalue weighted by atomic mass is 9.98. The van der Waals surface area contributed by atoms with Crippen LogP contribution in [0.3, 0.4) is 0 Å². The Bertz CT molecular complexity index is 479. The van der Waals surface area contributed by atoms with Gasteiger partial charge in [0, 0.05) is 13.0 Å². The van der Waals surface area contributed by atoms with Crippen LogP contribution in [0.15, 0.2) is 30.3 Å². The SMILES string of the molecule is O=C1C[C@H]([C@H]2CCCO2)C(=O)N1Cc1ccccc1. The molecule has 1 aromatic rings. The first-order valence-electron chi connectivity index (χ1n) is 6.75. The zero-order chi connectivity index (χ0) is 13.2.